The summed E-state index contributed by atoms with van der Waals surface area (Å²) in [7, 11) is 0. The Kier molecular flexibility index (Phi) is 5.98. The summed E-state index contributed by atoms with van der Waals surface area (Å²) in [6, 6.07) is 13.4. The van der Waals surface area contributed by atoms with E-state index in [-0.39, 0.29) is 23.1 Å². The normalized spacial score (nSPS) is 26.9. The van der Waals surface area contributed by atoms with Gasteiger partial charge in [-0.1, -0.05) is 45.9 Å². The van der Waals surface area contributed by atoms with E-state index in [2.05, 4.69) is 84.7 Å². The average Bonchev–Trinajstić information content (AvgIpc) is 3.21. The first kappa shape index (κ1) is 22.8. The van der Waals surface area contributed by atoms with Crippen LogP contribution in [0, 0.1) is 0 Å². The van der Waals surface area contributed by atoms with E-state index in [1.807, 2.05) is 0 Å². The highest BCUT2D eigenvalue weighted by molar-refractivity contribution is 5.65. The molecule has 3 heterocycles. The summed E-state index contributed by atoms with van der Waals surface area (Å²) in [6.07, 6.45) is 2.92. The topological polar surface area (TPSA) is 63.7 Å². The summed E-state index contributed by atoms with van der Waals surface area (Å²) in [4.78, 5) is 7.44. The van der Waals surface area contributed by atoms with Crippen molar-refractivity contribution in [3.63, 3.8) is 0 Å². The zero-order valence-electron chi connectivity index (χ0n) is 20.6. The Balaban J connectivity index is 1.31. The smallest absolute Gasteiger partial charge is 0.129 e. The minimum Gasteiger partial charge on any atom is -0.390 e. The van der Waals surface area contributed by atoms with Gasteiger partial charge < -0.3 is 10.0 Å². The molecule has 6 nitrogen and oxygen atoms in total. The van der Waals surface area contributed by atoms with E-state index in [1.54, 1.807) is 0 Å². The zero-order valence-corrected chi connectivity index (χ0v) is 20.6. The summed E-state index contributed by atoms with van der Waals surface area (Å²) in [5.41, 5.74) is 9.10. The molecule has 0 radical (unpaired) electrons. The van der Waals surface area contributed by atoms with Crippen LogP contribution < -0.4 is 15.6 Å². The molecule has 33 heavy (non-hydrogen) atoms. The molecule has 2 saturated heterocycles. The van der Waals surface area contributed by atoms with E-state index >= 15 is 0 Å². The van der Waals surface area contributed by atoms with Gasteiger partial charge in [0.05, 0.1) is 18.0 Å². The number of anilines is 1. The molecule has 0 amide bonds. The third-order valence-corrected chi connectivity index (χ3v) is 8.00. The second-order valence-electron chi connectivity index (χ2n) is 11.3. The second kappa shape index (κ2) is 8.66. The SMILES string of the molecule is CC1(C)CCC(C)(C)c2cc(-c3cccc(N4CCN(N[C@H]5NCC[C@@H]5O)CC4)n3)ccc21. The van der Waals surface area contributed by atoms with E-state index < -0.39 is 0 Å². The third kappa shape index (κ3) is 4.54. The molecule has 3 N–H and O–H groups in total. The third-order valence-electron chi connectivity index (χ3n) is 8.00. The fourth-order valence-corrected chi connectivity index (χ4v) is 5.59. The molecule has 6 heteroatoms. The molecular formula is C27H39N5O. The Hall–Kier alpha value is -1.99. The summed E-state index contributed by atoms with van der Waals surface area (Å²) >= 11 is 0. The largest absolute Gasteiger partial charge is 0.390 e. The van der Waals surface area contributed by atoms with Gasteiger partial charge in [-0.25, -0.2) is 15.4 Å². The number of fused-ring (bicyclic) bond motifs is 1. The Morgan fingerprint density at radius 3 is 2.39 bits per heavy atom. The molecule has 0 saturated carbocycles. The van der Waals surface area contributed by atoms with E-state index in [9.17, 15) is 5.11 Å². The van der Waals surface area contributed by atoms with Crippen molar-refractivity contribution in [1.82, 2.24) is 20.7 Å². The Morgan fingerprint density at radius 2 is 1.70 bits per heavy atom. The first-order valence-electron chi connectivity index (χ1n) is 12.5. The van der Waals surface area contributed by atoms with E-state index in [1.165, 1.54) is 29.5 Å². The summed E-state index contributed by atoms with van der Waals surface area (Å²) in [5.74, 6) is 1.04. The molecule has 0 unspecified atom stereocenters. The molecule has 2 fully saturated rings. The number of pyridine rings is 1. The van der Waals surface area contributed by atoms with Crippen LogP contribution in [0.4, 0.5) is 5.82 Å². The number of benzene rings is 1. The van der Waals surface area contributed by atoms with Crippen LogP contribution in [0.1, 0.15) is 58.1 Å². The lowest BCUT2D eigenvalue weighted by Gasteiger charge is -2.42. The predicted molar refractivity (Wildman–Crippen MR) is 134 cm³/mol. The van der Waals surface area contributed by atoms with E-state index in [4.69, 9.17) is 4.98 Å². The Morgan fingerprint density at radius 1 is 0.970 bits per heavy atom. The monoisotopic (exact) mass is 449 g/mol. The summed E-state index contributed by atoms with van der Waals surface area (Å²) < 4.78 is 0. The molecule has 178 valence electrons. The number of aliphatic hydroxyl groups excluding tert-OH is 1. The quantitative estimate of drug-likeness (QED) is 0.665. The maximum absolute atomic E-state index is 10.1. The molecule has 5 rings (SSSR count). The number of hydrogen-bond acceptors (Lipinski definition) is 6. The zero-order chi connectivity index (χ0) is 23.2. The highest BCUT2D eigenvalue weighted by Gasteiger charge is 2.37. The van der Waals surface area contributed by atoms with Gasteiger partial charge in [-0.2, -0.15) is 0 Å². The van der Waals surface area contributed by atoms with Gasteiger partial charge in [0, 0.05) is 31.7 Å². The molecule has 2 atom stereocenters. The number of aliphatic hydroxyl groups is 1. The highest BCUT2D eigenvalue weighted by Crippen LogP contribution is 2.46. The van der Waals surface area contributed by atoms with E-state index in [0.717, 1.165) is 50.7 Å². The van der Waals surface area contributed by atoms with Crippen molar-refractivity contribution < 1.29 is 5.11 Å². The highest BCUT2D eigenvalue weighted by atomic mass is 16.3. The average molecular weight is 450 g/mol. The predicted octanol–water partition coefficient (Wildman–Crippen LogP) is 3.40. The van der Waals surface area contributed by atoms with Gasteiger partial charge in [0.2, 0.25) is 0 Å². The lowest BCUT2D eigenvalue weighted by molar-refractivity contribution is 0.0713. The fraction of sp³-hybridized carbons (Fsp3) is 0.593. The molecule has 1 aliphatic carbocycles. The molecule has 1 aromatic heterocycles. The first-order valence-corrected chi connectivity index (χ1v) is 12.5. The number of aromatic nitrogens is 1. The maximum Gasteiger partial charge on any atom is 0.129 e. The van der Waals surface area contributed by atoms with Crippen molar-refractivity contribution in [1.29, 1.82) is 0 Å². The summed E-state index contributed by atoms with van der Waals surface area (Å²) in [5, 5.41) is 15.6. The lowest BCUT2D eigenvalue weighted by atomic mass is 9.63. The molecule has 2 aromatic rings. The van der Waals surface area contributed by atoms with Crippen molar-refractivity contribution in [3.8, 4) is 11.3 Å². The molecule has 2 aliphatic heterocycles. The van der Waals surface area contributed by atoms with Crippen molar-refractivity contribution in [2.75, 3.05) is 37.6 Å². The van der Waals surface area contributed by atoms with Gasteiger partial charge in [-0.05, 0) is 66.0 Å². The van der Waals surface area contributed by atoms with Crippen LogP contribution in [0.2, 0.25) is 0 Å². The van der Waals surface area contributed by atoms with Crippen LogP contribution in [-0.2, 0) is 10.8 Å². The second-order valence-corrected chi connectivity index (χ2v) is 11.3. The van der Waals surface area contributed by atoms with Crippen LogP contribution in [-0.4, -0.2) is 60.1 Å². The Labute approximate surface area is 198 Å². The number of nitrogens with one attached hydrogen (secondary N) is 2. The number of rotatable bonds is 4. The van der Waals surface area contributed by atoms with Gasteiger partial charge in [0.1, 0.15) is 5.82 Å². The number of nitrogens with zero attached hydrogens (tertiary/aromatic N) is 3. The molecule has 0 spiro atoms. The van der Waals surface area contributed by atoms with Crippen LogP contribution >= 0.6 is 0 Å². The maximum atomic E-state index is 10.1. The lowest BCUT2D eigenvalue weighted by Crippen LogP contribution is -2.59. The number of hydrazine groups is 1. The molecule has 1 aromatic carbocycles. The summed E-state index contributed by atoms with van der Waals surface area (Å²) in [6.45, 7) is 14.0. The van der Waals surface area contributed by atoms with Crippen molar-refractivity contribution in [3.05, 3.63) is 47.5 Å². The van der Waals surface area contributed by atoms with Crippen molar-refractivity contribution >= 4 is 5.82 Å². The Bertz CT molecular complexity index is 996. The van der Waals surface area contributed by atoms with Crippen LogP contribution in [0.5, 0.6) is 0 Å². The minimum atomic E-state index is -0.312. The van der Waals surface area contributed by atoms with Gasteiger partial charge in [-0.3, -0.25) is 5.32 Å². The van der Waals surface area contributed by atoms with Gasteiger partial charge in [-0.15, -0.1) is 0 Å². The van der Waals surface area contributed by atoms with Gasteiger partial charge in [0.25, 0.3) is 0 Å². The van der Waals surface area contributed by atoms with Crippen LogP contribution in [0.3, 0.4) is 0 Å². The number of piperazine rings is 1. The van der Waals surface area contributed by atoms with Crippen LogP contribution in [0.15, 0.2) is 36.4 Å². The first-order chi connectivity index (χ1) is 15.7. The molecular weight excluding hydrogens is 410 g/mol. The van der Waals surface area contributed by atoms with Crippen molar-refractivity contribution in [2.24, 2.45) is 0 Å². The van der Waals surface area contributed by atoms with Gasteiger partial charge >= 0.3 is 0 Å². The van der Waals surface area contributed by atoms with Crippen LogP contribution in [0.25, 0.3) is 11.3 Å². The minimum absolute atomic E-state index is 0.0313. The standard InChI is InChI=1S/C27H39N5O/c1-26(2)11-12-27(3,4)21-18-19(8-9-20(21)26)22-6-5-7-24(29-22)31-14-16-32(17-15-31)30-25-23(33)10-13-28-25/h5-9,18,23,25,28,30,33H,10-17H2,1-4H3/t23-,25+/m0/s1. The number of hydrogen-bond donors (Lipinski definition) is 3. The fourth-order valence-electron chi connectivity index (χ4n) is 5.59. The molecule has 3 aliphatic rings. The van der Waals surface area contributed by atoms with Crippen molar-refractivity contribution in [2.45, 2.75) is 70.1 Å². The van der Waals surface area contributed by atoms with Gasteiger partial charge in [0.15, 0.2) is 0 Å². The molecule has 0 bridgehead atoms. The van der Waals surface area contributed by atoms with E-state index in [0.29, 0.717) is 0 Å².